The van der Waals surface area contributed by atoms with Gasteiger partial charge in [0.05, 0.1) is 5.56 Å². The number of hydrogen-bond acceptors (Lipinski definition) is 1. The van der Waals surface area contributed by atoms with Crippen LogP contribution < -0.4 is 4.74 Å². The van der Waals surface area contributed by atoms with Crippen LogP contribution in [0.4, 0.5) is 13.2 Å². The second-order valence-electron chi connectivity index (χ2n) is 7.56. The molecule has 27 heavy (non-hydrogen) atoms. The Morgan fingerprint density at radius 3 is 2.07 bits per heavy atom. The highest BCUT2D eigenvalue weighted by molar-refractivity contribution is 5.30. The van der Waals surface area contributed by atoms with Gasteiger partial charge in [0.1, 0.15) is 12.4 Å². The van der Waals surface area contributed by atoms with Crippen LogP contribution >= 0.6 is 0 Å². The quantitative estimate of drug-likeness (QED) is 0.512. The molecule has 0 bridgehead atoms. The third-order valence-corrected chi connectivity index (χ3v) is 5.58. The highest BCUT2D eigenvalue weighted by Gasteiger charge is 2.29. The van der Waals surface area contributed by atoms with Crippen molar-refractivity contribution in [3.63, 3.8) is 0 Å². The van der Waals surface area contributed by atoms with Crippen LogP contribution in [-0.4, -0.2) is 0 Å². The van der Waals surface area contributed by atoms with Crippen molar-refractivity contribution in [2.75, 3.05) is 0 Å². The Kier molecular flexibility index (Phi) is 6.46. The van der Waals surface area contributed by atoms with Gasteiger partial charge in [-0.05, 0) is 72.9 Å². The van der Waals surface area contributed by atoms with Crippen molar-refractivity contribution in [2.24, 2.45) is 5.92 Å². The Balaban J connectivity index is 1.51. The highest BCUT2D eigenvalue weighted by Crippen LogP contribution is 2.38. The van der Waals surface area contributed by atoms with E-state index in [1.165, 1.54) is 56.2 Å². The van der Waals surface area contributed by atoms with Crippen LogP contribution in [0.1, 0.15) is 68.1 Å². The van der Waals surface area contributed by atoms with Crippen LogP contribution in [-0.2, 0) is 12.8 Å². The zero-order valence-electron chi connectivity index (χ0n) is 15.8. The average molecular weight is 376 g/mol. The molecule has 2 aromatic rings. The fourth-order valence-corrected chi connectivity index (χ4v) is 3.99. The molecule has 0 heterocycles. The monoisotopic (exact) mass is 376 g/mol. The first-order chi connectivity index (χ1) is 13.0. The first-order valence-electron chi connectivity index (χ1n) is 9.84. The number of rotatable bonds is 6. The van der Waals surface area contributed by atoms with Gasteiger partial charge in [0.15, 0.2) is 0 Å². The van der Waals surface area contributed by atoms with E-state index >= 15 is 0 Å². The van der Waals surface area contributed by atoms with Crippen molar-refractivity contribution >= 4 is 0 Å². The van der Waals surface area contributed by atoms with Crippen molar-refractivity contribution in [3.05, 3.63) is 65.2 Å². The normalized spacial score (nSPS) is 20.4. The molecule has 0 aliphatic heterocycles. The predicted octanol–water partition coefficient (Wildman–Crippen LogP) is 7.36. The Hall–Kier alpha value is -1.97. The number of ether oxygens (including phenoxy) is 1. The Labute approximate surface area is 159 Å². The van der Waals surface area contributed by atoms with E-state index in [0.29, 0.717) is 5.92 Å². The lowest BCUT2D eigenvalue weighted by molar-refractivity contribution is -0.137. The summed E-state index contributed by atoms with van der Waals surface area (Å²) in [6.45, 7) is 2.52. The van der Waals surface area contributed by atoms with E-state index in [1.54, 1.807) is 0 Å². The van der Waals surface area contributed by atoms with E-state index in [2.05, 4.69) is 19.1 Å². The first-order valence-corrected chi connectivity index (χ1v) is 9.84. The molecule has 3 rings (SSSR count). The summed E-state index contributed by atoms with van der Waals surface area (Å²) in [7, 11) is 0. The van der Waals surface area contributed by atoms with E-state index < -0.39 is 11.7 Å². The molecular formula is C23H27F3O. The molecule has 0 spiro atoms. The molecule has 2 aromatic carbocycles. The van der Waals surface area contributed by atoms with Crippen LogP contribution in [0.2, 0.25) is 0 Å². The molecule has 1 nitrogen and oxygen atoms in total. The Morgan fingerprint density at radius 2 is 1.52 bits per heavy atom. The van der Waals surface area contributed by atoms with Gasteiger partial charge in [-0.1, -0.05) is 44.0 Å². The van der Waals surface area contributed by atoms with Gasteiger partial charge in [-0.25, -0.2) is 0 Å². The van der Waals surface area contributed by atoms with Crippen LogP contribution in [0.15, 0.2) is 48.5 Å². The minimum Gasteiger partial charge on any atom is -0.489 e. The second kappa shape index (κ2) is 8.81. The summed E-state index contributed by atoms with van der Waals surface area (Å²) >= 11 is 0. The van der Waals surface area contributed by atoms with E-state index in [4.69, 9.17) is 4.74 Å². The molecule has 146 valence electrons. The van der Waals surface area contributed by atoms with E-state index in [1.807, 2.05) is 12.1 Å². The van der Waals surface area contributed by atoms with Gasteiger partial charge in [0, 0.05) is 0 Å². The lowest BCUT2D eigenvalue weighted by Gasteiger charge is -2.28. The van der Waals surface area contributed by atoms with E-state index in [9.17, 15) is 13.2 Å². The smallest absolute Gasteiger partial charge is 0.416 e. The summed E-state index contributed by atoms with van der Waals surface area (Å²) in [5, 5.41) is 0. The third kappa shape index (κ3) is 5.50. The maximum absolute atomic E-state index is 12.6. The zero-order valence-corrected chi connectivity index (χ0v) is 15.8. The largest absolute Gasteiger partial charge is 0.489 e. The molecule has 0 radical (unpaired) electrons. The second-order valence-corrected chi connectivity index (χ2v) is 7.56. The number of benzene rings is 2. The molecular weight excluding hydrogens is 349 g/mol. The number of alkyl halides is 3. The topological polar surface area (TPSA) is 9.23 Å². The number of hydrogen-bond donors (Lipinski definition) is 0. The molecule has 1 saturated carbocycles. The minimum atomic E-state index is -4.30. The van der Waals surface area contributed by atoms with Crippen molar-refractivity contribution < 1.29 is 17.9 Å². The van der Waals surface area contributed by atoms with Crippen LogP contribution in [0.25, 0.3) is 0 Å². The van der Waals surface area contributed by atoms with Crippen molar-refractivity contribution in [1.82, 2.24) is 0 Å². The molecule has 0 saturated heterocycles. The zero-order chi connectivity index (χ0) is 19.3. The Morgan fingerprint density at radius 1 is 0.889 bits per heavy atom. The standard InChI is InChI=1S/C23H27F3O/c1-2-3-17-4-8-19(9-5-17)20-10-14-22(15-11-20)27-16-18-6-12-21(13-7-18)23(24,25)26/h6-7,10-15,17,19H,2-5,8-9,16H2,1H3/t17-,19-. The summed E-state index contributed by atoms with van der Waals surface area (Å²) in [4.78, 5) is 0. The summed E-state index contributed by atoms with van der Waals surface area (Å²) in [5.41, 5.74) is 1.46. The van der Waals surface area contributed by atoms with Crippen molar-refractivity contribution in [1.29, 1.82) is 0 Å². The lowest BCUT2D eigenvalue weighted by atomic mass is 9.77. The molecule has 1 aliphatic carbocycles. The van der Waals surface area contributed by atoms with Gasteiger partial charge in [-0.15, -0.1) is 0 Å². The van der Waals surface area contributed by atoms with Crippen LogP contribution in [0, 0.1) is 5.92 Å². The maximum atomic E-state index is 12.6. The molecule has 4 heteroatoms. The maximum Gasteiger partial charge on any atom is 0.416 e. The summed E-state index contributed by atoms with van der Waals surface area (Å²) in [6, 6.07) is 13.3. The molecule has 0 unspecified atom stereocenters. The van der Waals surface area contributed by atoms with E-state index in [-0.39, 0.29) is 6.61 Å². The summed E-state index contributed by atoms with van der Waals surface area (Å²) < 4.78 is 43.5. The van der Waals surface area contributed by atoms with E-state index in [0.717, 1.165) is 29.4 Å². The molecule has 0 aromatic heterocycles. The summed E-state index contributed by atoms with van der Waals surface area (Å²) in [6.07, 6.45) is 3.50. The lowest BCUT2D eigenvalue weighted by Crippen LogP contribution is -2.13. The van der Waals surface area contributed by atoms with Crippen molar-refractivity contribution in [2.45, 2.75) is 64.1 Å². The third-order valence-electron chi connectivity index (χ3n) is 5.58. The average Bonchev–Trinajstić information content (AvgIpc) is 2.67. The van der Waals surface area contributed by atoms with Gasteiger partial charge in [-0.3, -0.25) is 0 Å². The number of halogens is 3. The van der Waals surface area contributed by atoms with Gasteiger partial charge < -0.3 is 4.74 Å². The molecule has 0 N–H and O–H groups in total. The van der Waals surface area contributed by atoms with Gasteiger partial charge >= 0.3 is 6.18 Å². The first kappa shape index (κ1) is 19.8. The van der Waals surface area contributed by atoms with Crippen LogP contribution in [0.5, 0.6) is 5.75 Å². The minimum absolute atomic E-state index is 0.264. The van der Waals surface area contributed by atoms with Gasteiger partial charge in [-0.2, -0.15) is 13.2 Å². The molecule has 0 amide bonds. The van der Waals surface area contributed by atoms with Gasteiger partial charge in [0.2, 0.25) is 0 Å². The Bertz CT molecular complexity index is 696. The van der Waals surface area contributed by atoms with Crippen molar-refractivity contribution in [3.8, 4) is 5.75 Å². The predicted molar refractivity (Wildman–Crippen MR) is 102 cm³/mol. The van der Waals surface area contributed by atoms with Crippen LogP contribution in [0.3, 0.4) is 0 Å². The fraction of sp³-hybridized carbons (Fsp3) is 0.478. The SMILES string of the molecule is CCC[C@H]1CC[C@H](c2ccc(OCc3ccc(C(F)(F)F)cc3)cc2)CC1. The highest BCUT2D eigenvalue weighted by atomic mass is 19.4. The fourth-order valence-electron chi connectivity index (χ4n) is 3.99. The van der Waals surface area contributed by atoms with Gasteiger partial charge in [0.25, 0.3) is 0 Å². The molecule has 1 fully saturated rings. The summed E-state index contributed by atoms with van der Waals surface area (Å²) in [5.74, 6) is 2.29. The molecule has 0 atom stereocenters. The molecule has 1 aliphatic rings.